The van der Waals surface area contributed by atoms with E-state index in [9.17, 15) is 14.4 Å². The Morgan fingerprint density at radius 3 is 2.70 bits per heavy atom. The average molecular weight is 335 g/mol. The van der Waals surface area contributed by atoms with Gasteiger partial charge < -0.3 is 10.4 Å². The Balaban J connectivity index is 2.16. The SMILES string of the molecule is CSCCC(NC(=O)Cc1n[nH]c(=O)c2ccccc12)C(=O)O. The predicted octanol–water partition coefficient (Wildman–Crippen LogP) is 0.788. The van der Waals surface area contributed by atoms with Gasteiger partial charge in [0.05, 0.1) is 17.5 Å². The molecule has 3 N–H and O–H groups in total. The lowest BCUT2D eigenvalue weighted by Crippen LogP contribution is -2.42. The first kappa shape index (κ1) is 17.0. The first-order valence-corrected chi connectivity index (χ1v) is 8.39. The van der Waals surface area contributed by atoms with Gasteiger partial charge in [-0.15, -0.1) is 0 Å². The highest BCUT2D eigenvalue weighted by Gasteiger charge is 2.20. The number of aromatic amines is 1. The number of thioether (sulfide) groups is 1. The van der Waals surface area contributed by atoms with Crippen molar-refractivity contribution in [2.45, 2.75) is 18.9 Å². The van der Waals surface area contributed by atoms with E-state index in [1.807, 2.05) is 6.26 Å². The van der Waals surface area contributed by atoms with E-state index in [4.69, 9.17) is 5.11 Å². The molecule has 0 fully saturated rings. The molecule has 0 saturated carbocycles. The number of amides is 1. The molecule has 2 aromatic rings. The molecule has 0 bridgehead atoms. The summed E-state index contributed by atoms with van der Waals surface area (Å²) in [6.07, 6.45) is 2.12. The topological polar surface area (TPSA) is 112 Å². The molecular formula is C15H17N3O4S. The van der Waals surface area contributed by atoms with Gasteiger partial charge in [-0.3, -0.25) is 9.59 Å². The lowest BCUT2D eigenvalue weighted by Gasteiger charge is -2.14. The molecule has 0 aliphatic heterocycles. The van der Waals surface area contributed by atoms with Crippen molar-refractivity contribution in [3.05, 3.63) is 40.3 Å². The Kier molecular flexibility index (Phi) is 5.75. The van der Waals surface area contributed by atoms with Crippen LogP contribution in [0.25, 0.3) is 10.8 Å². The van der Waals surface area contributed by atoms with E-state index in [0.29, 0.717) is 28.6 Å². The smallest absolute Gasteiger partial charge is 0.326 e. The Labute approximate surface area is 136 Å². The summed E-state index contributed by atoms with van der Waals surface area (Å²) >= 11 is 1.52. The van der Waals surface area contributed by atoms with Crippen molar-refractivity contribution in [2.75, 3.05) is 12.0 Å². The molecular weight excluding hydrogens is 318 g/mol. The minimum absolute atomic E-state index is 0.0969. The fraction of sp³-hybridized carbons (Fsp3) is 0.333. The summed E-state index contributed by atoms with van der Waals surface area (Å²) in [5.41, 5.74) is 0.0832. The van der Waals surface area contributed by atoms with Gasteiger partial charge in [0, 0.05) is 5.39 Å². The molecule has 2 rings (SSSR count). The van der Waals surface area contributed by atoms with E-state index in [2.05, 4.69) is 15.5 Å². The van der Waals surface area contributed by atoms with E-state index in [0.717, 1.165) is 0 Å². The summed E-state index contributed by atoms with van der Waals surface area (Å²) in [6, 6.07) is 5.91. The van der Waals surface area contributed by atoms with Crippen molar-refractivity contribution in [2.24, 2.45) is 0 Å². The maximum absolute atomic E-state index is 12.1. The van der Waals surface area contributed by atoms with Gasteiger partial charge in [-0.1, -0.05) is 18.2 Å². The summed E-state index contributed by atoms with van der Waals surface area (Å²) in [5, 5.41) is 18.9. The number of carboxylic acid groups (broad SMARTS) is 1. The standard InChI is InChI=1S/C15H17N3O4S/c1-23-7-6-11(15(21)22)16-13(19)8-12-9-4-2-3-5-10(9)14(20)18-17-12/h2-5,11H,6-8H2,1H3,(H,16,19)(H,18,20)(H,21,22). The van der Waals surface area contributed by atoms with Gasteiger partial charge in [-0.25, -0.2) is 9.89 Å². The lowest BCUT2D eigenvalue weighted by molar-refractivity contribution is -0.141. The third-order valence-corrected chi connectivity index (χ3v) is 3.99. The monoisotopic (exact) mass is 335 g/mol. The number of carbonyl (C=O) groups is 2. The summed E-state index contributed by atoms with van der Waals surface area (Å²) in [7, 11) is 0. The van der Waals surface area contributed by atoms with Crippen LogP contribution in [0, 0.1) is 0 Å². The van der Waals surface area contributed by atoms with Crippen molar-refractivity contribution >= 4 is 34.4 Å². The number of hydrogen-bond acceptors (Lipinski definition) is 5. The second-order valence-corrected chi connectivity index (χ2v) is 5.95. The molecule has 0 spiro atoms. The number of nitrogens with one attached hydrogen (secondary N) is 2. The number of hydrogen-bond donors (Lipinski definition) is 3. The highest BCUT2D eigenvalue weighted by Crippen LogP contribution is 2.13. The molecule has 122 valence electrons. The molecule has 1 aromatic carbocycles. The normalized spacial score (nSPS) is 12.0. The Hall–Kier alpha value is -2.35. The predicted molar refractivity (Wildman–Crippen MR) is 88.6 cm³/mol. The van der Waals surface area contributed by atoms with Crippen molar-refractivity contribution in [3.63, 3.8) is 0 Å². The lowest BCUT2D eigenvalue weighted by atomic mass is 10.1. The van der Waals surface area contributed by atoms with Crippen LogP contribution in [0.3, 0.4) is 0 Å². The van der Waals surface area contributed by atoms with E-state index >= 15 is 0 Å². The third kappa shape index (κ3) is 4.32. The number of nitrogens with zero attached hydrogens (tertiary/aromatic N) is 1. The van der Waals surface area contributed by atoms with Gasteiger partial charge in [0.25, 0.3) is 5.56 Å². The zero-order chi connectivity index (χ0) is 16.8. The highest BCUT2D eigenvalue weighted by molar-refractivity contribution is 7.98. The summed E-state index contributed by atoms with van der Waals surface area (Å²) in [6.45, 7) is 0. The number of carboxylic acids is 1. The molecule has 23 heavy (non-hydrogen) atoms. The summed E-state index contributed by atoms with van der Waals surface area (Å²) < 4.78 is 0. The van der Waals surface area contributed by atoms with E-state index in [1.165, 1.54) is 11.8 Å². The van der Waals surface area contributed by atoms with E-state index in [-0.39, 0.29) is 12.0 Å². The Bertz CT molecular complexity index is 775. The number of carbonyl (C=O) groups excluding carboxylic acids is 1. The maximum Gasteiger partial charge on any atom is 0.326 e. The second kappa shape index (κ2) is 7.77. The van der Waals surface area contributed by atoms with Crippen molar-refractivity contribution in [1.82, 2.24) is 15.5 Å². The maximum atomic E-state index is 12.1. The zero-order valence-corrected chi connectivity index (χ0v) is 13.4. The Morgan fingerprint density at radius 1 is 1.35 bits per heavy atom. The number of aromatic nitrogens is 2. The van der Waals surface area contributed by atoms with E-state index in [1.54, 1.807) is 24.3 Å². The molecule has 1 aromatic heterocycles. The highest BCUT2D eigenvalue weighted by atomic mass is 32.2. The average Bonchev–Trinajstić information content (AvgIpc) is 2.54. The second-order valence-electron chi connectivity index (χ2n) is 4.96. The van der Waals surface area contributed by atoms with Gasteiger partial charge in [0.1, 0.15) is 6.04 Å². The van der Waals surface area contributed by atoms with Crippen molar-refractivity contribution in [1.29, 1.82) is 0 Å². The molecule has 7 nitrogen and oxygen atoms in total. The number of fused-ring (bicyclic) bond motifs is 1. The van der Waals surface area contributed by atoms with Crippen LogP contribution in [0.15, 0.2) is 29.1 Å². The molecule has 0 aliphatic carbocycles. The van der Waals surface area contributed by atoms with Crippen LogP contribution in [0.1, 0.15) is 12.1 Å². The first-order valence-electron chi connectivity index (χ1n) is 7.00. The number of H-pyrrole nitrogens is 1. The molecule has 8 heteroatoms. The van der Waals surface area contributed by atoms with Crippen LogP contribution in [-0.4, -0.2) is 45.2 Å². The minimum atomic E-state index is -1.06. The van der Waals surface area contributed by atoms with Gasteiger partial charge in [-0.05, 0) is 24.5 Å². The first-order chi connectivity index (χ1) is 11.0. The Morgan fingerprint density at radius 2 is 2.04 bits per heavy atom. The van der Waals surface area contributed by atoms with E-state index < -0.39 is 17.9 Å². The van der Waals surface area contributed by atoms with Crippen LogP contribution >= 0.6 is 11.8 Å². The fourth-order valence-electron chi connectivity index (χ4n) is 2.20. The molecule has 1 amide bonds. The van der Waals surface area contributed by atoms with Gasteiger partial charge in [0.2, 0.25) is 5.91 Å². The van der Waals surface area contributed by atoms with Crippen LogP contribution < -0.4 is 10.9 Å². The quantitative estimate of drug-likeness (QED) is 0.689. The summed E-state index contributed by atoms with van der Waals surface area (Å²) in [5.74, 6) is -0.869. The molecule has 1 unspecified atom stereocenters. The van der Waals surface area contributed by atoms with Crippen LogP contribution in [0.5, 0.6) is 0 Å². The van der Waals surface area contributed by atoms with Crippen molar-refractivity contribution < 1.29 is 14.7 Å². The van der Waals surface area contributed by atoms with Crippen LogP contribution in [0.2, 0.25) is 0 Å². The summed E-state index contributed by atoms with van der Waals surface area (Å²) in [4.78, 5) is 35.0. The third-order valence-electron chi connectivity index (χ3n) is 3.35. The molecule has 1 atom stereocenters. The van der Waals surface area contributed by atoms with Gasteiger partial charge in [-0.2, -0.15) is 16.9 Å². The molecule has 0 saturated heterocycles. The van der Waals surface area contributed by atoms with Crippen LogP contribution in [-0.2, 0) is 16.0 Å². The van der Waals surface area contributed by atoms with Crippen LogP contribution in [0.4, 0.5) is 0 Å². The van der Waals surface area contributed by atoms with Gasteiger partial charge >= 0.3 is 5.97 Å². The fourth-order valence-corrected chi connectivity index (χ4v) is 2.67. The molecule has 0 aliphatic rings. The number of rotatable bonds is 7. The van der Waals surface area contributed by atoms with Crippen molar-refractivity contribution in [3.8, 4) is 0 Å². The molecule has 0 radical (unpaired) electrons. The zero-order valence-electron chi connectivity index (χ0n) is 12.5. The van der Waals surface area contributed by atoms with Gasteiger partial charge in [0.15, 0.2) is 0 Å². The minimum Gasteiger partial charge on any atom is -0.480 e. The number of benzene rings is 1. The largest absolute Gasteiger partial charge is 0.480 e. The number of aliphatic carboxylic acids is 1. The molecule has 1 heterocycles.